The number of nitrogens with two attached hydrogens (primary N) is 1. The lowest BCUT2D eigenvalue weighted by molar-refractivity contribution is 0.143. The number of rotatable bonds is 5. The van der Waals surface area contributed by atoms with Gasteiger partial charge in [0.25, 0.3) is 0 Å². The normalized spacial score (nSPS) is 9.75. The zero-order valence-electron chi connectivity index (χ0n) is 4.90. The highest BCUT2D eigenvalue weighted by Gasteiger charge is 1.82. The van der Waals surface area contributed by atoms with Crippen molar-refractivity contribution in [3.63, 3.8) is 0 Å². The monoisotopic (exact) mass is 229 g/mol. The molecule has 0 saturated carbocycles. The lowest BCUT2D eigenvalue weighted by atomic mass is 10.5. The summed E-state index contributed by atoms with van der Waals surface area (Å²) < 4.78 is 6.26. The van der Waals surface area contributed by atoms with Crippen LogP contribution in [0.25, 0.3) is 0 Å². The minimum absolute atomic E-state index is 0.640. The number of alkyl halides is 1. The molecule has 0 heterocycles. The fourth-order valence-electron chi connectivity index (χ4n) is 0.342. The molecule has 0 radical (unpaired) electrons. The molecule has 2 nitrogen and oxygen atoms in total. The second kappa shape index (κ2) is 7.65. The van der Waals surface area contributed by atoms with Gasteiger partial charge in [0, 0.05) is 17.6 Å². The first-order chi connectivity index (χ1) is 3.91. The molecule has 0 fully saturated rings. The molecule has 0 rings (SSSR count). The predicted molar refractivity (Wildman–Crippen MR) is 43.4 cm³/mol. The fourth-order valence-corrected chi connectivity index (χ4v) is 0.653. The average Bonchev–Trinajstić information content (AvgIpc) is 1.81. The number of halogens is 1. The molecule has 0 aliphatic heterocycles. The molecule has 0 bridgehead atoms. The van der Waals surface area contributed by atoms with Crippen molar-refractivity contribution in [3.8, 4) is 0 Å². The first-order valence-electron chi connectivity index (χ1n) is 2.75. The molecular formula is C5H12INO. The molecule has 0 aliphatic carbocycles. The molecule has 0 spiro atoms. The summed E-state index contributed by atoms with van der Waals surface area (Å²) in [5.74, 6) is 0. The Hall–Kier alpha value is 0.650. The summed E-state index contributed by atoms with van der Waals surface area (Å²) in [5, 5.41) is 0. The van der Waals surface area contributed by atoms with E-state index in [4.69, 9.17) is 10.5 Å². The molecule has 0 unspecified atom stereocenters. The van der Waals surface area contributed by atoms with E-state index in [-0.39, 0.29) is 0 Å². The third-order valence-electron chi connectivity index (χ3n) is 0.684. The van der Waals surface area contributed by atoms with Crippen LogP contribution in [0.3, 0.4) is 0 Å². The molecule has 50 valence electrons. The van der Waals surface area contributed by atoms with Gasteiger partial charge in [-0.25, -0.2) is 0 Å². The maximum absolute atomic E-state index is 5.18. The van der Waals surface area contributed by atoms with Gasteiger partial charge in [-0.15, -0.1) is 0 Å². The van der Waals surface area contributed by atoms with Crippen LogP contribution in [-0.2, 0) is 4.74 Å². The smallest absolute Gasteiger partial charge is 0.0588 e. The van der Waals surface area contributed by atoms with Crippen LogP contribution >= 0.6 is 22.6 Å². The van der Waals surface area contributed by atoms with Crippen molar-refractivity contribution in [3.05, 3.63) is 0 Å². The van der Waals surface area contributed by atoms with E-state index in [0.717, 1.165) is 13.0 Å². The molecule has 8 heavy (non-hydrogen) atoms. The van der Waals surface area contributed by atoms with E-state index in [0.29, 0.717) is 13.2 Å². The van der Waals surface area contributed by atoms with Gasteiger partial charge < -0.3 is 10.5 Å². The largest absolute Gasteiger partial charge is 0.380 e. The number of hydrogen-bond donors (Lipinski definition) is 1. The van der Waals surface area contributed by atoms with Crippen LogP contribution < -0.4 is 5.73 Å². The lowest BCUT2D eigenvalue weighted by Gasteiger charge is -1.97. The third kappa shape index (κ3) is 6.65. The highest BCUT2D eigenvalue weighted by molar-refractivity contribution is 14.1. The van der Waals surface area contributed by atoms with Crippen LogP contribution in [0, 0.1) is 0 Å². The first kappa shape index (κ1) is 8.65. The van der Waals surface area contributed by atoms with Gasteiger partial charge in [-0.2, -0.15) is 0 Å². The molecule has 0 aromatic heterocycles. The Kier molecular flexibility index (Phi) is 8.27. The second-order valence-electron chi connectivity index (χ2n) is 1.44. The summed E-state index contributed by atoms with van der Waals surface area (Å²) in [4.78, 5) is 0. The minimum atomic E-state index is 0.640. The summed E-state index contributed by atoms with van der Waals surface area (Å²) >= 11 is 2.33. The van der Waals surface area contributed by atoms with Gasteiger partial charge in [0.05, 0.1) is 6.61 Å². The van der Waals surface area contributed by atoms with Crippen molar-refractivity contribution in [2.75, 3.05) is 24.2 Å². The summed E-state index contributed by atoms with van der Waals surface area (Å²) in [6.07, 6.45) is 1.14. The Morgan fingerprint density at radius 3 is 2.62 bits per heavy atom. The van der Waals surface area contributed by atoms with E-state index >= 15 is 0 Å². The summed E-state index contributed by atoms with van der Waals surface area (Å²) in [5.41, 5.74) is 5.18. The standard InChI is InChI=1S/C5H12INO/c6-2-1-4-8-5-3-7/h1-5,7H2. The zero-order valence-corrected chi connectivity index (χ0v) is 7.06. The number of hydrogen-bond acceptors (Lipinski definition) is 2. The second-order valence-corrected chi connectivity index (χ2v) is 2.52. The van der Waals surface area contributed by atoms with Crippen LogP contribution in [0.5, 0.6) is 0 Å². The lowest BCUT2D eigenvalue weighted by Crippen LogP contribution is -2.08. The molecule has 0 saturated heterocycles. The first-order valence-corrected chi connectivity index (χ1v) is 4.28. The Balaban J connectivity index is 2.53. The molecule has 0 aliphatic rings. The van der Waals surface area contributed by atoms with Gasteiger partial charge in [-0.1, -0.05) is 22.6 Å². The van der Waals surface area contributed by atoms with Crippen LogP contribution in [0.1, 0.15) is 6.42 Å². The maximum atomic E-state index is 5.18. The van der Waals surface area contributed by atoms with Gasteiger partial charge in [0.15, 0.2) is 0 Å². The van der Waals surface area contributed by atoms with Crippen LogP contribution in [0.2, 0.25) is 0 Å². The Morgan fingerprint density at radius 2 is 2.12 bits per heavy atom. The Bertz CT molecular complexity index is 37.4. The SMILES string of the molecule is NCCOCCCI. The molecule has 0 amide bonds. The van der Waals surface area contributed by atoms with Crippen molar-refractivity contribution in [1.82, 2.24) is 0 Å². The van der Waals surface area contributed by atoms with E-state index in [2.05, 4.69) is 22.6 Å². The molecular weight excluding hydrogens is 217 g/mol. The van der Waals surface area contributed by atoms with Gasteiger partial charge in [-0.05, 0) is 6.42 Å². The highest BCUT2D eigenvalue weighted by atomic mass is 127. The molecule has 0 atom stereocenters. The van der Waals surface area contributed by atoms with Crippen LogP contribution in [-0.4, -0.2) is 24.2 Å². The van der Waals surface area contributed by atoms with E-state index in [1.165, 1.54) is 4.43 Å². The molecule has 0 aromatic carbocycles. The quantitative estimate of drug-likeness (QED) is 0.429. The maximum Gasteiger partial charge on any atom is 0.0588 e. The third-order valence-corrected chi connectivity index (χ3v) is 1.45. The van der Waals surface area contributed by atoms with Crippen LogP contribution in [0.15, 0.2) is 0 Å². The Labute approximate surface area is 63.9 Å². The predicted octanol–water partition coefficient (Wildman–Crippen LogP) is 0.787. The molecule has 2 N–H and O–H groups in total. The molecule has 0 aromatic rings. The van der Waals surface area contributed by atoms with Crippen molar-refractivity contribution in [2.45, 2.75) is 6.42 Å². The minimum Gasteiger partial charge on any atom is -0.380 e. The van der Waals surface area contributed by atoms with Crippen molar-refractivity contribution >= 4 is 22.6 Å². The molecule has 3 heteroatoms. The van der Waals surface area contributed by atoms with Crippen LogP contribution in [0.4, 0.5) is 0 Å². The average molecular weight is 229 g/mol. The van der Waals surface area contributed by atoms with Gasteiger partial charge in [0.2, 0.25) is 0 Å². The van der Waals surface area contributed by atoms with Gasteiger partial charge in [0.1, 0.15) is 0 Å². The van der Waals surface area contributed by atoms with E-state index in [1.807, 2.05) is 0 Å². The fraction of sp³-hybridized carbons (Fsp3) is 1.00. The van der Waals surface area contributed by atoms with Crippen molar-refractivity contribution in [2.24, 2.45) is 5.73 Å². The van der Waals surface area contributed by atoms with E-state index < -0.39 is 0 Å². The highest BCUT2D eigenvalue weighted by Crippen LogP contribution is 1.87. The summed E-state index contributed by atoms with van der Waals surface area (Å²) in [6.45, 7) is 2.21. The Morgan fingerprint density at radius 1 is 1.38 bits per heavy atom. The summed E-state index contributed by atoms with van der Waals surface area (Å²) in [7, 11) is 0. The number of ether oxygens (including phenoxy) is 1. The van der Waals surface area contributed by atoms with Gasteiger partial charge >= 0.3 is 0 Å². The van der Waals surface area contributed by atoms with E-state index in [1.54, 1.807) is 0 Å². The van der Waals surface area contributed by atoms with Crippen molar-refractivity contribution < 1.29 is 4.74 Å². The summed E-state index contributed by atoms with van der Waals surface area (Å²) in [6, 6.07) is 0. The topological polar surface area (TPSA) is 35.2 Å². The zero-order chi connectivity index (χ0) is 6.24. The van der Waals surface area contributed by atoms with Crippen molar-refractivity contribution in [1.29, 1.82) is 0 Å². The van der Waals surface area contributed by atoms with E-state index in [9.17, 15) is 0 Å². The van der Waals surface area contributed by atoms with Gasteiger partial charge in [-0.3, -0.25) is 0 Å².